The second-order valence-corrected chi connectivity index (χ2v) is 6.74. The SMILES string of the molecule is CCC(CNC(=O)OC(C)(C)C)NC1COc2cc(O)ccc21. The van der Waals surface area contributed by atoms with Crippen molar-refractivity contribution in [3.8, 4) is 11.5 Å². The van der Waals surface area contributed by atoms with Crippen molar-refractivity contribution in [3.05, 3.63) is 23.8 Å². The van der Waals surface area contributed by atoms with Gasteiger partial charge in [0.25, 0.3) is 0 Å². The van der Waals surface area contributed by atoms with Crippen molar-refractivity contribution in [2.75, 3.05) is 13.2 Å². The number of carbonyl (C=O) groups excluding carboxylic acids is 1. The molecule has 0 bridgehead atoms. The molecule has 1 aliphatic rings. The molecule has 6 heteroatoms. The molecule has 0 spiro atoms. The lowest BCUT2D eigenvalue weighted by Crippen LogP contribution is -2.44. The number of amides is 1. The molecule has 0 saturated heterocycles. The highest BCUT2D eigenvalue weighted by molar-refractivity contribution is 5.67. The zero-order valence-electron chi connectivity index (χ0n) is 14.2. The average molecular weight is 322 g/mol. The molecule has 23 heavy (non-hydrogen) atoms. The Labute approximate surface area is 137 Å². The van der Waals surface area contributed by atoms with E-state index in [1.165, 1.54) is 0 Å². The predicted molar refractivity (Wildman–Crippen MR) is 87.8 cm³/mol. The van der Waals surface area contributed by atoms with Crippen LogP contribution >= 0.6 is 0 Å². The number of fused-ring (bicyclic) bond motifs is 1. The van der Waals surface area contributed by atoms with E-state index in [9.17, 15) is 9.90 Å². The average Bonchev–Trinajstić information content (AvgIpc) is 2.83. The van der Waals surface area contributed by atoms with E-state index in [4.69, 9.17) is 9.47 Å². The number of nitrogens with one attached hydrogen (secondary N) is 2. The maximum Gasteiger partial charge on any atom is 0.407 e. The number of aromatic hydroxyl groups is 1. The summed E-state index contributed by atoms with van der Waals surface area (Å²) in [5, 5.41) is 15.8. The van der Waals surface area contributed by atoms with Gasteiger partial charge in [0.15, 0.2) is 0 Å². The van der Waals surface area contributed by atoms with Gasteiger partial charge in [-0.2, -0.15) is 0 Å². The Morgan fingerprint density at radius 3 is 2.87 bits per heavy atom. The molecule has 0 fully saturated rings. The van der Waals surface area contributed by atoms with Crippen LogP contribution in [-0.2, 0) is 4.74 Å². The molecular weight excluding hydrogens is 296 g/mol. The molecule has 0 aromatic heterocycles. The van der Waals surface area contributed by atoms with Crippen LogP contribution in [-0.4, -0.2) is 36.0 Å². The fourth-order valence-corrected chi connectivity index (χ4v) is 2.46. The lowest BCUT2D eigenvalue weighted by molar-refractivity contribution is 0.0521. The molecule has 0 aliphatic carbocycles. The fourth-order valence-electron chi connectivity index (χ4n) is 2.46. The van der Waals surface area contributed by atoms with Gasteiger partial charge in [0.1, 0.15) is 23.7 Å². The Balaban J connectivity index is 1.88. The van der Waals surface area contributed by atoms with E-state index in [1.807, 2.05) is 26.8 Å². The highest BCUT2D eigenvalue weighted by Crippen LogP contribution is 2.35. The van der Waals surface area contributed by atoms with Crippen LogP contribution in [0.25, 0.3) is 0 Å². The molecule has 0 radical (unpaired) electrons. The number of hydrogen-bond donors (Lipinski definition) is 3. The van der Waals surface area contributed by atoms with Crippen LogP contribution in [0.3, 0.4) is 0 Å². The first kappa shape index (κ1) is 17.4. The van der Waals surface area contributed by atoms with E-state index in [1.54, 1.807) is 12.1 Å². The van der Waals surface area contributed by atoms with Gasteiger partial charge in [0, 0.05) is 24.2 Å². The van der Waals surface area contributed by atoms with Gasteiger partial charge in [-0.15, -0.1) is 0 Å². The first-order chi connectivity index (χ1) is 10.8. The molecule has 2 unspecified atom stereocenters. The standard InChI is InChI=1S/C17H26N2O4/c1-5-11(9-18-16(21)23-17(2,3)4)19-14-10-22-15-8-12(20)6-7-13(14)15/h6-8,11,14,19-20H,5,9-10H2,1-4H3,(H,18,21). The molecule has 1 heterocycles. The lowest BCUT2D eigenvalue weighted by atomic mass is 10.1. The molecule has 6 nitrogen and oxygen atoms in total. The van der Waals surface area contributed by atoms with Gasteiger partial charge in [0.2, 0.25) is 0 Å². The summed E-state index contributed by atoms with van der Waals surface area (Å²) in [5.41, 5.74) is 0.526. The molecule has 1 aromatic carbocycles. The van der Waals surface area contributed by atoms with Crippen LogP contribution in [0.4, 0.5) is 4.79 Å². The molecular formula is C17H26N2O4. The van der Waals surface area contributed by atoms with E-state index < -0.39 is 11.7 Å². The number of carbonyl (C=O) groups is 1. The van der Waals surface area contributed by atoms with Crippen molar-refractivity contribution in [2.24, 2.45) is 0 Å². The summed E-state index contributed by atoms with van der Waals surface area (Å²) >= 11 is 0. The van der Waals surface area contributed by atoms with Crippen molar-refractivity contribution in [3.63, 3.8) is 0 Å². The maximum atomic E-state index is 11.7. The molecule has 3 N–H and O–H groups in total. The van der Waals surface area contributed by atoms with Gasteiger partial charge in [0.05, 0.1) is 6.04 Å². The number of benzene rings is 1. The van der Waals surface area contributed by atoms with Crippen molar-refractivity contribution in [1.29, 1.82) is 0 Å². The number of phenols is 1. The Bertz CT molecular complexity index is 554. The molecule has 128 valence electrons. The van der Waals surface area contributed by atoms with Crippen LogP contribution in [0.15, 0.2) is 18.2 Å². The van der Waals surface area contributed by atoms with Gasteiger partial charge in [-0.25, -0.2) is 4.79 Å². The van der Waals surface area contributed by atoms with Crippen LogP contribution in [0, 0.1) is 0 Å². The number of hydrogen-bond acceptors (Lipinski definition) is 5. The number of rotatable bonds is 5. The minimum absolute atomic E-state index is 0.0518. The summed E-state index contributed by atoms with van der Waals surface area (Å²) in [7, 11) is 0. The summed E-state index contributed by atoms with van der Waals surface area (Å²) in [6.07, 6.45) is 0.449. The van der Waals surface area contributed by atoms with Crippen LogP contribution in [0.5, 0.6) is 11.5 Å². The van der Waals surface area contributed by atoms with Crippen LogP contribution in [0.2, 0.25) is 0 Å². The van der Waals surface area contributed by atoms with Crippen molar-refractivity contribution in [1.82, 2.24) is 10.6 Å². The van der Waals surface area contributed by atoms with Crippen molar-refractivity contribution < 1.29 is 19.4 Å². The highest BCUT2D eigenvalue weighted by atomic mass is 16.6. The second kappa shape index (κ2) is 7.08. The summed E-state index contributed by atoms with van der Waals surface area (Å²) in [5.74, 6) is 0.903. The third kappa shape index (κ3) is 5.03. The van der Waals surface area contributed by atoms with Gasteiger partial charge < -0.3 is 25.2 Å². The first-order valence-electron chi connectivity index (χ1n) is 7.97. The van der Waals surface area contributed by atoms with E-state index in [0.717, 1.165) is 12.0 Å². The van der Waals surface area contributed by atoms with Gasteiger partial charge in [-0.05, 0) is 39.3 Å². The zero-order valence-corrected chi connectivity index (χ0v) is 14.2. The molecule has 1 aliphatic heterocycles. The van der Waals surface area contributed by atoms with E-state index in [0.29, 0.717) is 18.9 Å². The largest absolute Gasteiger partial charge is 0.508 e. The van der Waals surface area contributed by atoms with Crippen LogP contribution in [0.1, 0.15) is 45.7 Å². The molecule has 2 rings (SSSR count). The summed E-state index contributed by atoms with van der Waals surface area (Å²) < 4.78 is 10.8. The topological polar surface area (TPSA) is 79.8 Å². The monoisotopic (exact) mass is 322 g/mol. The molecule has 1 amide bonds. The smallest absolute Gasteiger partial charge is 0.407 e. The Morgan fingerprint density at radius 1 is 1.48 bits per heavy atom. The number of phenolic OH excluding ortho intramolecular Hbond substituents is 1. The zero-order chi connectivity index (χ0) is 17.0. The van der Waals surface area contributed by atoms with Crippen LogP contribution < -0.4 is 15.4 Å². The van der Waals surface area contributed by atoms with Crippen molar-refractivity contribution >= 4 is 6.09 Å². The predicted octanol–water partition coefficient (Wildman–Crippen LogP) is 2.72. The quantitative estimate of drug-likeness (QED) is 0.777. The minimum atomic E-state index is -0.501. The third-order valence-electron chi connectivity index (χ3n) is 3.60. The number of alkyl carbamates (subject to hydrolysis) is 1. The second-order valence-electron chi connectivity index (χ2n) is 6.74. The fraction of sp³-hybridized carbons (Fsp3) is 0.588. The Hall–Kier alpha value is -1.95. The molecule has 0 saturated carbocycles. The van der Waals surface area contributed by atoms with Gasteiger partial charge >= 0.3 is 6.09 Å². The Morgan fingerprint density at radius 2 is 2.22 bits per heavy atom. The Kier molecular flexibility index (Phi) is 5.36. The van der Waals surface area contributed by atoms with E-state index in [-0.39, 0.29) is 17.8 Å². The summed E-state index contributed by atoms with van der Waals surface area (Å²) in [4.78, 5) is 11.7. The number of ether oxygens (including phenoxy) is 2. The van der Waals surface area contributed by atoms with E-state index >= 15 is 0 Å². The maximum absolute atomic E-state index is 11.7. The lowest BCUT2D eigenvalue weighted by Gasteiger charge is -2.24. The van der Waals surface area contributed by atoms with E-state index in [2.05, 4.69) is 17.6 Å². The summed E-state index contributed by atoms with van der Waals surface area (Å²) in [6.45, 7) is 8.57. The molecule has 2 atom stereocenters. The third-order valence-corrected chi connectivity index (χ3v) is 3.60. The molecule has 1 aromatic rings. The van der Waals surface area contributed by atoms with Gasteiger partial charge in [-0.3, -0.25) is 0 Å². The highest BCUT2D eigenvalue weighted by Gasteiger charge is 2.26. The summed E-state index contributed by atoms with van der Waals surface area (Å²) in [6, 6.07) is 5.30. The van der Waals surface area contributed by atoms with Crippen molar-refractivity contribution in [2.45, 2.75) is 51.8 Å². The van der Waals surface area contributed by atoms with Gasteiger partial charge in [-0.1, -0.05) is 6.92 Å². The normalized spacial score (nSPS) is 18.0. The first-order valence-corrected chi connectivity index (χ1v) is 7.97. The minimum Gasteiger partial charge on any atom is -0.508 e.